The third-order valence-corrected chi connectivity index (χ3v) is 2.70. The minimum absolute atomic E-state index is 0.225. The van der Waals surface area contributed by atoms with Crippen LogP contribution in [-0.2, 0) is 0 Å². The smallest absolute Gasteiger partial charge is 0.364 e. The second-order valence-electron chi connectivity index (χ2n) is 4.01. The van der Waals surface area contributed by atoms with Gasteiger partial charge in [-0.05, 0) is 36.8 Å². The van der Waals surface area contributed by atoms with Crippen molar-refractivity contribution in [3.8, 4) is 5.75 Å². The molecule has 0 aliphatic carbocycles. The minimum Gasteiger partial charge on any atom is -0.508 e. The van der Waals surface area contributed by atoms with Crippen LogP contribution in [0.25, 0.3) is 21.9 Å². The Balaban J connectivity index is 2.44. The fourth-order valence-electron chi connectivity index (χ4n) is 1.87. The van der Waals surface area contributed by atoms with Crippen molar-refractivity contribution < 1.29 is 9.52 Å². The van der Waals surface area contributed by atoms with Crippen LogP contribution in [0.3, 0.4) is 0 Å². The zero-order valence-electron chi connectivity index (χ0n) is 8.90. The lowest BCUT2D eigenvalue weighted by Crippen LogP contribution is -1.78. The summed E-state index contributed by atoms with van der Waals surface area (Å²) < 4.78 is 5.75. The van der Waals surface area contributed by atoms with E-state index < -0.39 is 0 Å². The minimum atomic E-state index is 0.225. The zero-order valence-corrected chi connectivity index (χ0v) is 8.90. The number of fused-ring (bicyclic) bond motifs is 2. The monoisotopic (exact) mass is 211 g/mol. The van der Waals surface area contributed by atoms with Gasteiger partial charge in [-0.1, -0.05) is 6.07 Å². The first-order valence-electron chi connectivity index (χ1n) is 5.19. The predicted molar refractivity (Wildman–Crippen MR) is 64.5 cm³/mol. The van der Waals surface area contributed by atoms with E-state index in [0.29, 0.717) is 5.58 Å². The Labute approximate surface area is 92.8 Å². The van der Waals surface area contributed by atoms with E-state index in [1.165, 1.54) is 0 Å². The van der Waals surface area contributed by atoms with Crippen molar-refractivity contribution in [1.82, 2.24) is 0 Å². The van der Waals surface area contributed by atoms with Gasteiger partial charge in [0.05, 0.1) is 16.8 Å². The van der Waals surface area contributed by atoms with Gasteiger partial charge in [0.2, 0.25) is 0 Å². The molecule has 1 N–H and O–H groups in total. The van der Waals surface area contributed by atoms with Crippen LogP contribution in [0.5, 0.6) is 5.75 Å². The topological polar surface area (TPSA) is 31.5 Å². The molecule has 0 saturated heterocycles. The lowest BCUT2D eigenvalue weighted by atomic mass is 10.1. The Morgan fingerprint density at radius 3 is 2.38 bits per heavy atom. The van der Waals surface area contributed by atoms with Crippen molar-refractivity contribution in [3.63, 3.8) is 0 Å². The second-order valence-corrected chi connectivity index (χ2v) is 4.01. The number of hydrogen-bond donors (Lipinski definition) is 1. The standard InChI is InChI=1S/C14H10O2/c1-9-2-3-10-7-11-4-5-12(15)8-14(11)16-13(10)6-9/h2-8H,1H3/p+1. The molecule has 0 radical (unpaired) electrons. The van der Waals surface area contributed by atoms with Crippen LogP contribution >= 0.6 is 0 Å². The molecular weight excluding hydrogens is 200 g/mol. The predicted octanol–water partition coefficient (Wildman–Crippen LogP) is 3.88. The lowest BCUT2D eigenvalue weighted by molar-refractivity contribution is 0.474. The SMILES string of the molecule is Cc1ccc2cc3ccc(O)cc3[o+]c2c1. The maximum Gasteiger partial charge on any atom is 0.364 e. The van der Waals surface area contributed by atoms with E-state index in [1.54, 1.807) is 12.1 Å². The molecule has 2 aromatic carbocycles. The second kappa shape index (κ2) is 3.20. The largest absolute Gasteiger partial charge is 0.508 e. The molecule has 0 spiro atoms. The maximum absolute atomic E-state index is 9.40. The third-order valence-electron chi connectivity index (χ3n) is 2.70. The molecule has 3 rings (SSSR count). The van der Waals surface area contributed by atoms with Gasteiger partial charge in [-0.2, -0.15) is 0 Å². The van der Waals surface area contributed by atoms with Gasteiger partial charge in [0.25, 0.3) is 0 Å². The number of hydrogen-bond acceptors (Lipinski definition) is 1. The molecule has 16 heavy (non-hydrogen) atoms. The number of phenols is 1. The average Bonchev–Trinajstić information content (AvgIpc) is 2.26. The van der Waals surface area contributed by atoms with Gasteiger partial charge in [0.1, 0.15) is 5.75 Å². The van der Waals surface area contributed by atoms with E-state index in [-0.39, 0.29) is 5.75 Å². The summed E-state index contributed by atoms with van der Waals surface area (Å²) in [5.41, 5.74) is 2.71. The van der Waals surface area contributed by atoms with E-state index in [0.717, 1.165) is 21.9 Å². The highest BCUT2D eigenvalue weighted by Gasteiger charge is 2.12. The Morgan fingerprint density at radius 1 is 0.875 bits per heavy atom. The van der Waals surface area contributed by atoms with Gasteiger partial charge in [-0.3, -0.25) is 0 Å². The third kappa shape index (κ3) is 1.39. The van der Waals surface area contributed by atoms with Crippen LogP contribution < -0.4 is 0 Å². The van der Waals surface area contributed by atoms with E-state index in [9.17, 15) is 5.11 Å². The fourth-order valence-corrected chi connectivity index (χ4v) is 1.87. The van der Waals surface area contributed by atoms with Crippen molar-refractivity contribution in [3.05, 3.63) is 48.0 Å². The number of aromatic hydroxyl groups is 1. The van der Waals surface area contributed by atoms with Gasteiger partial charge >= 0.3 is 11.2 Å². The molecule has 0 fully saturated rings. The summed E-state index contributed by atoms with van der Waals surface area (Å²) in [6.07, 6.45) is 0. The van der Waals surface area contributed by atoms with Crippen molar-refractivity contribution in [1.29, 1.82) is 0 Å². The lowest BCUT2D eigenvalue weighted by Gasteiger charge is -1.94. The quantitative estimate of drug-likeness (QED) is 0.452. The summed E-state index contributed by atoms with van der Waals surface area (Å²) in [6.45, 7) is 2.03. The highest BCUT2D eigenvalue weighted by Crippen LogP contribution is 2.26. The number of phenolic OH excluding ortho intramolecular Hbond substituents is 1. The van der Waals surface area contributed by atoms with Crippen molar-refractivity contribution in [2.45, 2.75) is 6.92 Å². The van der Waals surface area contributed by atoms with E-state index >= 15 is 0 Å². The van der Waals surface area contributed by atoms with Crippen LogP contribution in [-0.4, -0.2) is 5.11 Å². The van der Waals surface area contributed by atoms with Crippen molar-refractivity contribution in [2.24, 2.45) is 0 Å². The summed E-state index contributed by atoms with van der Waals surface area (Å²) in [4.78, 5) is 0. The van der Waals surface area contributed by atoms with Crippen LogP contribution in [0, 0.1) is 6.92 Å². The first-order valence-corrected chi connectivity index (χ1v) is 5.19. The zero-order chi connectivity index (χ0) is 11.1. The molecule has 0 bridgehead atoms. The van der Waals surface area contributed by atoms with E-state index in [2.05, 4.69) is 12.1 Å². The summed E-state index contributed by atoms with van der Waals surface area (Å²) in [6, 6.07) is 13.3. The average molecular weight is 211 g/mol. The molecule has 2 heteroatoms. The molecule has 0 aliphatic rings. The van der Waals surface area contributed by atoms with E-state index in [1.807, 2.05) is 25.1 Å². The normalized spacial score (nSPS) is 11.1. The number of rotatable bonds is 0. The van der Waals surface area contributed by atoms with Crippen molar-refractivity contribution in [2.75, 3.05) is 0 Å². The Morgan fingerprint density at radius 2 is 1.56 bits per heavy atom. The highest BCUT2D eigenvalue weighted by atomic mass is 16.3. The summed E-state index contributed by atoms with van der Waals surface area (Å²) in [7, 11) is 0. The highest BCUT2D eigenvalue weighted by molar-refractivity contribution is 5.90. The van der Waals surface area contributed by atoms with Gasteiger partial charge in [-0.25, -0.2) is 4.42 Å². The van der Waals surface area contributed by atoms with Crippen LogP contribution in [0.2, 0.25) is 0 Å². The molecule has 0 aliphatic heterocycles. The molecule has 78 valence electrons. The summed E-state index contributed by atoms with van der Waals surface area (Å²) in [5, 5.41) is 11.5. The first kappa shape index (κ1) is 9.16. The number of aryl methyl sites for hydroxylation is 1. The summed E-state index contributed by atoms with van der Waals surface area (Å²) in [5.74, 6) is 0.225. The van der Waals surface area contributed by atoms with Gasteiger partial charge < -0.3 is 5.11 Å². The number of benzene rings is 2. The first-order chi connectivity index (χ1) is 7.72. The van der Waals surface area contributed by atoms with Gasteiger partial charge in [-0.15, -0.1) is 0 Å². The van der Waals surface area contributed by atoms with Crippen molar-refractivity contribution >= 4 is 21.9 Å². The molecule has 3 aromatic rings. The van der Waals surface area contributed by atoms with E-state index in [4.69, 9.17) is 4.42 Å². The van der Waals surface area contributed by atoms with Crippen LogP contribution in [0.1, 0.15) is 5.56 Å². The Bertz CT molecular complexity index is 630. The molecule has 1 aromatic heterocycles. The van der Waals surface area contributed by atoms with Crippen LogP contribution in [0.15, 0.2) is 46.9 Å². The Kier molecular flexibility index (Phi) is 1.83. The maximum atomic E-state index is 9.40. The van der Waals surface area contributed by atoms with Gasteiger partial charge in [0.15, 0.2) is 0 Å². The molecule has 1 heterocycles. The Hall–Kier alpha value is -2.09. The molecule has 0 saturated carbocycles. The molecular formula is C14H11O2+. The molecule has 2 nitrogen and oxygen atoms in total. The molecule has 0 amide bonds. The fraction of sp³-hybridized carbons (Fsp3) is 0.0714. The van der Waals surface area contributed by atoms with Crippen LogP contribution in [0.4, 0.5) is 0 Å². The van der Waals surface area contributed by atoms with Gasteiger partial charge in [0, 0.05) is 6.07 Å². The molecule has 0 atom stereocenters. The summed E-state index contributed by atoms with van der Waals surface area (Å²) >= 11 is 0. The molecule has 0 unspecified atom stereocenters.